The van der Waals surface area contributed by atoms with E-state index in [9.17, 15) is 18.7 Å². The van der Waals surface area contributed by atoms with Gasteiger partial charge in [0, 0.05) is 31.2 Å². The molecule has 1 aromatic carbocycles. The van der Waals surface area contributed by atoms with E-state index in [1.54, 1.807) is 0 Å². The molecule has 1 fully saturated rings. The van der Waals surface area contributed by atoms with Crippen LogP contribution >= 0.6 is 0 Å². The van der Waals surface area contributed by atoms with Gasteiger partial charge in [-0.1, -0.05) is 0 Å². The number of ether oxygens (including phenoxy) is 1. The van der Waals surface area contributed by atoms with Gasteiger partial charge in [-0.25, -0.2) is 8.78 Å². The number of amides is 1. The van der Waals surface area contributed by atoms with Gasteiger partial charge >= 0.3 is 0 Å². The largest absolute Gasteiger partial charge is 0.386 e. The fourth-order valence-corrected chi connectivity index (χ4v) is 1.77. The third kappa shape index (κ3) is 3.02. The first-order chi connectivity index (χ1) is 8.48. The van der Waals surface area contributed by atoms with Crippen LogP contribution in [0.1, 0.15) is 16.8 Å². The molecule has 2 N–H and O–H groups in total. The van der Waals surface area contributed by atoms with E-state index in [1.165, 1.54) is 0 Å². The van der Waals surface area contributed by atoms with Gasteiger partial charge in [-0.2, -0.15) is 0 Å². The molecule has 0 aromatic heterocycles. The molecule has 1 aliphatic rings. The zero-order valence-electron chi connectivity index (χ0n) is 9.58. The Balaban J connectivity index is 1.99. The van der Waals surface area contributed by atoms with Crippen molar-refractivity contribution in [1.29, 1.82) is 0 Å². The molecular formula is C12H13F2NO3. The summed E-state index contributed by atoms with van der Waals surface area (Å²) in [5.74, 6) is -2.26. The molecular weight excluding hydrogens is 244 g/mol. The number of nitrogens with one attached hydrogen (secondary N) is 1. The van der Waals surface area contributed by atoms with Crippen molar-refractivity contribution in [2.75, 3.05) is 19.8 Å². The molecule has 6 heteroatoms. The Labute approximate surface area is 103 Å². The van der Waals surface area contributed by atoms with Crippen LogP contribution in [0.2, 0.25) is 0 Å². The van der Waals surface area contributed by atoms with Gasteiger partial charge in [0.05, 0.1) is 6.61 Å². The quantitative estimate of drug-likeness (QED) is 0.843. The van der Waals surface area contributed by atoms with Crippen LogP contribution in [0, 0.1) is 11.6 Å². The summed E-state index contributed by atoms with van der Waals surface area (Å²) in [5.41, 5.74) is -1.21. The molecule has 0 spiro atoms. The van der Waals surface area contributed by atoms with Crippen molar-refractivity contribution in [3.8, 4) is 0 Å². The minimum Gasteiger partial charge on any atom is -0.386 e. The second-order valence-electron chi connectivity index (χ2n) is 4.37. The molecule has 1 unspecified atom stereocenters. The summed E-state index contributed by atoms with van der Waals surface area (Å²) in [7, 11) is 0. The summed E-state index contributed by atoms with van der Waals surface area (Å²) in [4.78, 5) is 11.7. The van der Waals surface area contributed by atoms with Gasteiger partial charge in [-0.3, -0.25) is 4.79 Å². The number of rotatable bonds is 3. The maximum absolute atomic E-state index is 12.9. The van der Waals surface area contributed by atoms with Gasteiger partial charge in [-0.05, 0) is 12.1 Å². The summed E-state index contributed by atoms with van der Waals surface area (Å²) in [6, 6.07) is 2.57. The number of aliphatic hydroxyl groups is 1. The van der Waals surface area contributed by atoms with E-state index in [-0.39, 0.29) is 18.7 Å². The molecule has 1 amide bonds. The standard InChI is InChI=1S/C12H13F2NO3/c13-9-3-8(4-10(14)5-9)11(16)15-6-12(17)1-2-18-7-12/h3-5,17H,1-2,6-7H2,(H,15,16). The van der Waals surface area contributed by atoms with Crippen molar-refractivity contribution in [2.45, 2.75) is 12.0 Å². The Morgan fingerprint density at radius 2 is 2.06 bits per heavy atom. The number of halogens is 2. The predicted molar refractivity (Wildman–Crippen MR) is 59.1 cm³/mol. The van der Waals surface area contributed by atoms with Crippen LogP contribution in [0.3, 0.4) is 0 Å². The summed E-state index contributed by atoms with van der Waals surface area (Å²) < 4.78 is 30.8. The first-order valence-corrected chi connectivity index (χ1v) is 5.53. The Bertz CT molecular complexity index is 438. The lowest BCUT2D eigenvalue weighted by Crippen LogP contribution is -2.43. The number of carbonyl (C=O) groups excluding carboxylic acids is 1. The molecule has 1 heterocycles. The number of hydrogen-bond donors (Lipinski definition) is 2. The summed E-state index contributed by atoms with van der Waals surface area (Å²) in [6.45, 7) is 0.565. The zero-order chi connectivity index (χ0) is 13.2. The van der Waals surface area contributed by atoms with Gasteiger partial charge in [-0.15, -0.1) is 0 Å². The molecule has 0 bridgehead atoms. The van der Waals surface area contributed by atoms with Gasteiger partial charge in [0.2, 0.25) is 0 Å². The van der Waals surface area contributed by atoms with E-state index >= 15 is 0 Å². The van der Waals surface area contributed by atoms with Crippen molar-refractivity contribution < 1.29 is 23.4 Å². The highest BCUT2D eigenvalue weighted by Gasteiger charge is 2.32. The van der Waals surface area contributed by atoms with Crippen LogP contribution in [0.25, 0.3) is 0 Å². The topological polar surface area (TPSA) is 58.6 Å². The first kappa shape index (κ1) is 12.9. The molecule has 98 valence electrons. The first-order valence-electron chi connectivity index (χ1n) is 5.53. The normalized spacial score (nSPS) is 23.1. The molecule has 1 saturated heterocycles. The Morgan fingerprint density at radius 1 is 1.39 bits per heavy atom. The Kier molecular flexibility index (Phi) is 3.58. The van der Waals surface area contributed by atoms with Crippen molar-refractivity contribution in [1.82, 2.24) is 5.32 Å². The fourth-order valence-electron chi connectivity index (χ4n) is 1.77. The molecule has 1 atom stereocenters. The van der Waals surface area contributed by atoms with Crippen molar-refractivity contribution in [2.24, 2.45) is 0 Å². The van der Waals surface area contributed by atoms with Crippen LogP contribution in [0.15, 0.2) is 18.2 Å². The highest BCUT2D eigenvalue weighted by molar-refractivity contribution is 5.94. The molecule has 18 heavy (non-hydrogen) atoms. The fraction of sp³-hybridized carbons (Fsp3) is 0.417. The Morgan fingerprint density at radius 3 is 2.61 bits per heavy atom. The summed E-state index contributed by atoms with van der Waals surface area (Å²) >= 11 is 0. The number of benzene rings is 1. The average molecular weight is 257 g/mol. The van der Waals surface area contributed by atoms with Crippen LogP contribution in [-0.2, 0) is 4.74 Å². The smallest absolute Gasteiger partial charge is 0.251 e. The van der Waals surface area contributed by atoms with Crippen molar-refractivity contribution in [3.63, 3.8) is 0 Å². The monoisotopic (exact) mass is 257 g/mol. The Hall–Kier alpha value is -1.53. The van der Waals surface area contributed by atoms with E-state index in [4.69, 9.17) is 4.74 Å². The highest BCUT2D eigenvalue weighted by Crippen LogP contribution is 2.17. The molecule has 0 saturated carbocycles. The third-order valence-electron chi connectivity index (χ3n) is 2.79. The van der Waals surface area contributed by atoms with Gasteiger partial charge in [0.25, 0.3) is 5.91 Å². The SMILES string of the molecule is O=C(NCC1(O)CCOC1)c1cc(F)cc(F)c1. The molecule has 0 aliphatic carbocycles. The minimum absolute atomic E-state index is 0.00995. The summed E-state index contributed by atoms with van der Waals surface area (Å²) in [6.07, 6.45) is 0.421. The van der Waals surface area contributed by atoms with E-state index in [0.717, 1.165) is 12.1 Å². The molecule has 0 radical (unpaired) electrons. The predicted octanol–water partition coefficient (Wildman–Crippen LogP) is 0.846. The lowest BCUT2D eigenvalue weighted by Gasteiger charge is -2.20. The second kappa shape index (κ2) is 4.99. The van der Waals surface area contributed by atoms with E-state index in [1.807, 2.05) is 0 Å². The van der Waals surface area contributed by atoms with Crippen LogP contribution < -0.4 is 5.32 Å². The lowest BCUT2D eigenvalue weighted by atomic mass is 10.0. The zero-order valence-corrected chi connectivity index (χ0v) is 9.58. The van der Waals surface area contributed by atoms with Gasteiger partial charge in [0.1, 0.15) is 17.2 Å². The van der Waals surface area contributed by atoms with Crippen molar-refractivity contribution >= 4 is 5.91 Å². The molecule has 1 aromatic rings. The third-order valence-corrected chi connectivity index (χ3v) is 2.79. The molecule has 2 rings (SSSR count). The highest BCUT2D eigenvalue weighted by atomic mass is 19.1. The summed E-state index contributed by atoms with van der Waals surface area (Å²) in [5, 5.41) is 12.3. The van der Waals surface area contributed by atoms with Gasteiger partial charge in [0.15, 0.2) is 0 Å². The van der Waals surface area contributed by atoms with Crippen LogP contribution in [-0.4, -0.2) is 36.4 Å². The maximum atomic E-state index is 12.9. The van der Waals surface area contributed by atoms with E-state index < -0.39 is 23.1 Å². The number of hydrogen-bond acceptors (Lipinski definition) is 3. The van der Waals surface area contributed by atoms with Crippen LogP contribution in [0.4, 0.5) is 8.78 Å². The molecule has 1 aliphatic heterocycles. The van der Waals surface area contributed by atoms with E-state index in [2.05, 4.69) is 5.32 Å². The van der Waals surface area contributed by atoms with E-state index in [0.29, 0.717) is 19.1 Å². The van der Waals surface area contributed by atoms with Crippen molar-refractivity contribution in [3.05, 3.63) is 35.4 Å². The van der Waals surface area contributed by atoms with Gasteiger partial charge < -0.3 is 15.2 Å². The number of carbonyl (C=O) groups is 1. The lowest BCUT2D eigenvalue weighted by molar-refractivity contribution is 0.0264. The van der Waals surface area contributed by atoms with Crippen LogP contribution in [0.5, 0.6) is 0 Å². The minimum atomic E-state index is -1.10. The second-order valence-corrected chi connectivity index (χ2v) is 4.37. The average Bonchev–Trinajstić information content (AvgIpc) is 2.72. The molecule has 4 nitrogen and oxygen atoms in total. The maximum Gasteiger partial charge on any atom is 0.251 e.